The van der Waals surface area contributed by atoms with Gasteiger partial charge in [0.2, 0.25) is 0 Å². The first-order valence-corrected chi connectivity index (χ1v) is 44.8. The number of hydrogen-bond acceptors (Lipinski definition) is 15. The molecule has 0 amide bonds. The smallest absolute Gasteiger partial charge is 0.462 e. The van der Waals surface area contributed by atoms with Gasteiger partial charge in [0.25, 0.3) is 0 Å². The average Bonchev–Trinajstić information content (AvgIpc) is 1.07. The molecule has 0 bridgehead atoms. The average molecular weight is 1450 g/mol. The molecule has 17 nitrogen and oxygen atoms in total. The quantitative estimate of drug-likeness (QED) is 0.0222. The highest BCUT2D eigenvalue weighted by Gasteiger charge is 2.30. The van der Waals surface area contributed by atoms with Crippen molar-refractivity contribution in [1.29, 1.82) is 0 Å². The molecule has 0 aromatic carbocycles. The summed E-state index contributed by atoms with van der Waals surface area (Å²) in [5, 5.41) is 10.6. The Balaban J connectivity index is 5.17. The van der Waals surface area contributed by atoms with Crippen LogP contribution in [-0.2, 0) is 65.4 Å². The van der Waals surface area contributed by atoms with Gasteiger partial charge in [0.1, 0.15) is 19.3 Å². The molecule has 19 heteroatoms. The molecule has 2 unspecified atom stereocenters. The first-order chi connectivity index (χ1) is 48.2. The Morgan fingerprint density at radius 1 is 0.242 bits per heavy atom. The minimum atomic E-state index is -4.96. The number of hydrogen-bond donors (Lipinski definition) is 3. The van der Waals surface area contributed by atoms with Crippen molar-refractivity contribution in [2.45, 2.75) is 451 Å². The number of esters is 4. The van der Waals surface area contributed by atoms with E-state index < -0.39 is 97.5 Å². The van der Waals surface area contributed by atoms with Crippen molar-refractivity contribution in [3.05, 3.63) is 0 Å². The molecule has 0 saturated carbocycles. The van der Waals surface area contributed by atoms with Gasteiger partial charge >= 0.3 is 39.5 Å². The number of aliphatic hydroxyl groups excluding tert-OH is 1. The van der Waals surface area contributed by atoms with Gasteiger partial charge in [-0.25, -0.2) is 9.13 Å². The Morgan fingerprint density at radius 3 is 0.596 bits per heavy atom. The fourth-order valence-electron chi connectivity index (χ4n) is 12.5. The zero-order valence-corrected chi connectivity index (χ0v) is 66.3. The highest BCUT2D eigenvalue weighted by molar-refractivity contribution is 7.47. The van der Waals surface area contributed by atoms with Crippen molar-refractivity contribution in [3.63, 3.8) is 0 Å². The minimum absolute atomic E-state index is 0.108. The first kappa shape index (κ1) is 97.1. The Hall–Kier alpha value is -1.94. The topological polar surface area (TPSA) is 237 Å². The molecule has 0 rings (SSSR count). The van der Waals surface area contributed by atoms with E-state index in [9.17, 15) is 43.2 Å². The summed E-state index contributed by atoms with van der Waals surface area (Å²) in [5.74, 6) is -2.11. The van der Waals surface area contributed by atoms with Crippen LogP contribution in [0.2, 0.25) is 0 Å². The van der Waals surface area contributed by atoms with Gasteiger partial charge in [-0.1, -0.05) is 381 Å². The highest BCUT2D eigenvalue weighted by Crippen LogP contribution is 2.45. The van der Waals surface area contributed by atoms with Gasteiger partial charge in [0.15, 0.2) is 12.2 Å². The third kappa shape index (κ3) is 74.1. The van der Waals surface area contributed by atoms with E-state index in [1.165, 1.54) is 263 Å². The van der Waals surface area contributed by atoms with E-state index in [4.69, 9.17) is 37.0 Å². The van der Waals surface area contributed by atoms with Crippen LogP contribution in [0.25, 0.3) is 0 Å². The molecule has 0 spiro atoms. The standard InChI is InChI=1S/C80H156O17P2/c1-5-9-13-17-21-25-28-31-33-35-36-37-38-39-40-42-45-48-51-55-59-63-67-80(85)97-76(71-91-78(83)65-61-57-53-49-46-44-41-34-32-29-26-22-18-14-10-6-2)73-95-99(88,89)93-69-74(81)68-92-98(86,87)94-72-75(70-90-77(82)64-60-56-52-24-20-16-12-8-4)96-79(84)66-62-58-54-50-47-43-30-27-23-19-15-11-7-3/h74-76,81H,5-73H2,1-4H3,(H,86,87)(H,88,89)/t74-,75+,76+/m0/s1. The van der Waals surface area contributed by atoms with Crippen LogP contribution in [0.3, 0.4) is 0 Å². The Morgan fingerprint density at radius 2 is 0.404 bits per heavy atom. The number of phosphoric acid groups is 2. The SMILES string of the molecule is CCCCCCCCCCCCCCCCCCCCCCCCC(=O)O[C@H](COC(=O)CCCCCCCCCCCCCCCCCC)COP(=O)(O)OC[C@@H](O)COP(=O)(O)OC[C@@H](COC(=O)CCCCCCCCCC)OC(=O)CCCCCCCCCCCCCCC. The molecule has 99 heavy (non-hydrogen) atoms. The summed E-state index contributed by atoms with van der Waals surface area (Å²) in [6, 6.07) is 0. The van der Waals surface area contributed by atoms with Crippen LogP contribution in [0, 0.1) is 0 Å². The largest absolute Gasteiger partial charge is 0.472 e. The summed E-state index contributed by atoms with van der Waals surface area (Å²) in [7, 11) is -9.91. The zero-order chi connectivity index (χ0) is 72.5. The minimum Gasteiger partial charge on any atom is -0.462 e. The molecule has 0 aliphatic heterocycles. The number of carbonyl (C=O) groups excluding carboxylic acids is 4. The fourth-order valence-corrected chi connectivity index (χ4v) is 14.0. The van der Waals surface area contributed by atoms with Crippen LogP contribution in [-0.4, -0.2) is 96.7 Å². The van der Waals surface area contributed by atoms with E-state index >= 15 is 0 Å². The van der Waals surface area contributed by atoms with Crippen LogP contribution in [0.5, 0.6) is 0 Å². The van der Waals surface area contributed by atoms with Gasteiger partial charge in [0.05, 0.1) is 26.4 Å². The van der Waals surface area contributed by atoms with Crippen LogP contribution in [0.15, 0.2) is 0 Å². The lowest BCUT2D eigenvalue weighted by molar-refractivity contribution is -0.161. The van der Waals surface area contributed by atoms with E-state index in [2.05, 4.69) is 27.7 Å². The summed E-state index contributed by atoms with van der Waals surface area (Å²) >= 11 is 0. The first-order valence-electron chi connectivity index (χ1n) is 41.8. The predicted molar refractivity (Wildman–Crippen MR) is 405 cm³/mol. The van der Waals surface area contributed by atoms with Gasteiger partial charge in [-0.3, -0.25) is 37.3 Å². The van der Waals surface area contributed by atoms with E-state index in [0.29, 0.717) is 25.7 Å². The van der Waals surface area contributed by atoms with Crippen LogP contribution in [0.1, 0.15) is 432 Å². The maximum atomic E-state index is 13.1. The molecule has 3 N–H and O–H groups in total. The summed E-state index contributed by atoms with van der Waals surface area (Å²) in [6.45, 7) is 4.99. The third-order valence-electron chi connectivity index (χ3n) is 18.9. The van der Waals surface area contributed by atoms with Crippen molar-refractivity contribution in [1.82, 2.24) is 0 Å². The van der Waals surface area contributed by atoms with Gasteiger partial charge in [-0.05, 0) is 25.7 Å². The second-order valence-corrected chi connectivity index (χ2v) is 31.7. The molecule has 0 aliphatic carbocycles. The number of unbranched alkanes of at least 4 members (excludes halogenated alkanes) is 55. The molecule has 0 aromatic heterocycles. The van der Waals surface area contributed by atoms with Crippen molar-refractivity contribution < 1.29 is 80.2 Å². The predicted octanol–water partition coefficient (Wildman–Crippen LogP) is 24.2. The van der Waals surface area contributed by atoms with Crippen molar-refractivity contribution in [3.8, 4) is 0 Å². The maximum Gasteiger partial charge on any atom is 0.472 e. The van der Waals surface area contributed by atoms with Crippen molar-refractivity contribution in [2.24, 2.45) is 0 Å². The molecule has 0 saturated heterocycles. The molecule has 588 valence electrons. The molecule has 0 aliphatic rings. The van der Waals surface area contributed by atoms with Crippen LogP contribution < -0.4 is 0 Å². The summed E-state index contributed by atoms with van der Waals surface area (Å²) in [6.07, 6.45) is 66.7. The van der Waals surface area contributed by atoms with E-state index in [-0.39, 0.29) is 25.7 Å². The van der Waals surface area contributed by atoms with Crippen LogP contribution in [0.4, 0.5) is 0 Å². The molecule has 0 radical (unpaired) electrons. The summed E-state index contributed by atoms with van der Waals surface area (Å²) in [5.41, 5.74) is 0. The van der Waals surface area contributed by atoms with Crippen LogP contribution >= 0.6 is 15.6 Å². The number of phosphoric ester groups is 2. The summed E-state index contributed by atoms with van der Waals surface area (Å²) < 4.78 is 68.6. The maximum absolute atomic E-state index is 13.1. The van der Waals surface area contributed by atoms with Gasteiger partial charge in [0, 0.05) is 25.7 Å². The number of aliphatic hydroxyl groups is 1. The lowest BCUT2D eigenvalue weighted by Gasteiger charge is -2.21. The lowest BCUT2D eigenvalue weighted by Crippen LogP contribution is -2.30. The molecular weight excluding hydrogens is 1290 g/mol. The molecule has 0 heterocycles. The third-order valence-corrected chi connectivity index (χ3v) is 20.8. The molecule has 0 aromatic rings. The van der Waals surface area contributed by atoms with Gasteiger partial charge < -0.3 is 33.8 Å². The molecule has 0 fully saturated rings. The second-order valence-electron chi connectivity index (χ2n) is 28.8. The number of ether oxygens (including phenoxy) is 4. The monoisotopic (exact) mass is 1450 g/mol. The zero-order valence-electron chi connectivity index (χ0n) is 64.5. The van der Waals surface area contributed by atoms with E-state index in [1.54, 1.807) is 0 Å². The fraction of sp³-hybridized carbons (Fsp3) is 0.950. The highest BCUT2D eigenvalue weighted by atomic mass is 31.2. The van der Waals surface area contributed by atoms with E-state index in [1.807, 2.05) is 0 Å². The van der Waals surface area contributed by atoms with Crippen molar-refractivity contribution in [2.75, 3.05) is 39.6 Å². The van der Waals surface area contributed by atoms with Gasteiger partial charge in [-0.15, -0.1) is 0 Å². The van der Waals surface area contributed by atoms with E-state index in [0.717, 1.165) is 89.9 Å². The number of rotatable bonds is 81. The lowest BCUT2D eigenvalue weighted by atomic mass is 10.0. The Bertz CT molecular complexity index is 1880. The Labute approximate surface area is 607 Å². The van der Waals surface area contributed by atoms with Gasteiger partial charge in [-0.2, -0.15) is 0 Å². The molecular formula is C80H156O17P2. The van der Waals surface area contributed by atoms with Crippen molar-refractivity contribution >= 4 is 39.5 Å². The molecule has 5 atom stereocenters. The second kappa shape index (κ2) is 74.3. The Kier molecular flexibility index (Phi) is 72.9. The number of carbonyl (C=O) groups is 4. The summed E-state index contributed by atoms with van der Waals surface area (Å²) in [4.78, 5) is 72.9. The normalized spacial score (nSPS) is 13.8.